The molecular formula is C10H15ClN2O2. The van der Waals surface area contributed by atoms with Gasteiger partial charge in [0.1, 0.15) is 18.1 Å². The normalized spacial score (nSPS) is 10.4. The zero-order valence-corrected chi connectivity index (χ0v) is 9.62. The van der Waals surface area contributed by atoms with Crippen LogP contribution in [0.4, 0.5) is 5.69 Å². The standard InChI is InChI=1S/C10H15ClN2O2/c1-13(11)5-6-15-8-3-4-9(12)10(7-8)14-2/h3-4,7H,5-6,12H2,1-2H3. The average Bonchev–Trinajstić information content (AvgIpc) is 2.20. The fraction of sp³-hybridized carbons (Fsp3) is 0.400. The summed E-state index contributed by atoms with van der Waals surface area (Å²) < 4.78 is 12.1. The largest absolute Gasteiger partial charge is 0.494 e. The van der Waals surface area contributed by atoms with Crippen LogP contribution in [0.5, 0.6) is 11.5 Å². The monoisotopic (exact) mass is 230 g/mol. The van der Waals surface area contributed by atoms with Crippen molar-refractivity contribution in [2.75, 3.05) is 33.0 Å². The van der Waals surface area contributed by atoms with E-state index in [0.29, 0.717) is 24.6 Å². The molecule has 15 heavy (non-hydrogen) atoms. The lowest BCUT2D eigenvalue weighted by molar-refractivity contribution is 0.289. The summed E-state index contributed by atoms with van der Waals surface area (Å²) in [6, 6.07) is 5.30. The van der Waals surface area contributed by atoms with Gasteiger partial charge in [-0.3, -0.25) is 0 Å². The number of hydrogen-bond acceptors (Lipinski definition) is 4. The van der Waals surface area contributed by atoms with Gasteiger partial charge >= 0.3 is 0 Å². The van der Waals surface area contributed by atoms with Gasteiger partial charge in [0, 0.05) is 19.7 Å². The van der Waals surface area contributed by atoms with Crippen molar-refractivity contribution in [2.24, 2.45) is 0 Å². The Balaban J connectivity index is 2.54. The molecule has 0 heterocycles. The summed E-state index contributed by atoms with van der Waals surface area (Å²) in [6.07, 6.45) is 0. The van der Waals surface area contributed by atoms with Crippen LogP contribution in [0.1, 0.15) is 0 Å². The molecule has 0 aliphatic carbocycles. The Labute approximate surface area is 94.6 Å². The zero-order chi connectivity index (χ0) is 11.3. The highest BCUT2D eigenvalue weighted by molar-refractivity contribution is 6.13. The molecule has 0 spiro atoms. The summed E-state index contributed by atoms with van der Waals surface area (Å²) in [7, 11) is 3.34. The molecule has 0 aliphatic heterocycles. The van der Waals surface area contributed by atoms with Crippen molar-refractivity contribution in [1.82, 2.24) is 4.42 Å². The average molecular weight is 231 g/mol. The Bertz CT molecular complexity index is 318. The Morgan fingerprint density at radius 2 is 2.20 bits per heavy atom. The van der Waals surface area contributed by atoms with Gasteiger partial charge in [-0.2, -0.15) is 0 Å². The maximum absolute atomic E-state index is 5.67. The van der Waals surface area contributed by atoms with E-state index in [2.05, 4.69) is 0 Å². The summed E-state index contributed by atoms with van der Waals surface area (Å²) in [4.78, 5) is 0. The Kier molecular flexibility index (Phi) is 4.52. The topological polar surface area (TPSA) is 47.7 Å². The van der Waals surface area contributed by atoms with E-state index < -0.39 is 0 Å². The predicted molar refractivity (Wildman–Crippen MR) is 61.4 cm³/mol. The molecule has 0 fully saturated rings. The first-order valence-electron chi connectivity index (χ1n) is 4.56. The van der Waals surface area contributed by atoms with Gasteiger partial charge in [-0.05, 0) is 23.9 Å². The smallest absolute Gasteiger partial charge is 0.145 e. The Morgan fingerprint density at radius 3 is 2.80 bits per heavy atom. The van der Waals surface area contributed by atoms with Crippen molar-refractivity contribution in [3.05, 3.63) is 18.2 Å². The van der Waals surface area contributed by atoms with E-state index in [9.17, 15) is 0 Å². The molecule has 0 atom stereocenters. The molecule has 0 bridgehead atoms. The minimum absolute atomic E-state index is 0.521. The molecule has 0 saturated carbocycles. The summed E-state index contributed by atoms with van der Waals surface area (Å²) in [5.74, 6) is 1.34. The van der Waals surface area contributed by atoms with E-state index in [1.807, 2.05) is 0 Å². The van der Waals surface area contributed by atoms with Crippen molar-refractivity contribution >= 4 is 17.5 Å². The SMILES string of the molecule is COc1cc(OCCN(C)Cl)ccc1N. The molecule has 1 rings (SSSR count). The third kappa shape index (κ3) is 3.85. The van der Waals surface area contributed by atoms with E-state index in [0.717, 1.165) is 5.75 Å². The summed E-state index contributed by atoms with van der Waals surface area (Å²) in [5, 5.41) is 0. The van der Waals surface area contributed by atoms with E-state index in [-0.39, 0.29) is 0 Å². The molecule has 5 heteroatoms. The van der Waals surface area contributed by atoms with Crippen molar-refractivity contribution in [3.63, 3.8) is 0 Å². The lowest BCUT2D eigenvalue weighted by atomic mass is 10.3. The maximum Gasteiger partial charge on any atom is 0.145 e. The van der Waals surface area contributed by atoms with Crippen LogP contribution in [0, 0.1) is 0 Å². The van der Waals surface area contributed by atoms with Gasteiger partial charge < -0.3 is 15.2 Å². The van der Waals surface area contributed by atoms with Gasteiger partial charge in [0.25, 0.3) is 0 Å². The summed E-state index contributed by atoms with van der Waals surface area (Å²) >= 11 is 5.64. The minimum Gasteiger partial charge on any atom is -0.494 e. The summed E-state index contributed by atoms with van der Waals surface area (Å²) in [5.41, 5.74) is 6.26. The van der Waals surface area contributed by atoms with Gasteiger partial charge in [0.05, 0.1) is 12.8 Å². The Morgan fingerprint density at radius 1 is 1.47 bits per heavy atom. The number of ether oxygens (including phenoxy) is 2. The maximum atomic E-state index is 5.67. The quantitative estimate of drug-likeness (QED) is 0.618. The van der Waals surface area contributed by atoms with Gasteiger partial charge in [0.2, 0.25) is 0 Å². The van der Waals surface area contributed by atoms with Crippen molar-refractivity contribution in [2.45, 2.75) is 0 Å². The zero-order valence-electron chi connectivity index (χ0n) is 8.87. The van der Waals surface area contributed by atoms with Crippen LogP contribution in [0.2, 0.25) is 0 Å². The molecule has 0 aromatic heterocycles. The third-order valence-electron chi connectivity index (χ3n) is 1.87. The molecule has 2 N–H and O–H groups in total. The Hall–Kier alpha value is -1.13. The van der Waals surface area contributed by atoms with Gasteiger partial charge in [0.15, 0.2) is 0 Å². The number of nitrogen functional groups attached to an aromatic ring is 1. The van der Waals surface area contributed by atoms with Crippen molar-refractivity contribution in [1.29, 1.82) is 0 Å². The van der Waals surface area contributed by atoms with Crippen LogP contribution < -0.4 is 15.2 Å². The van der Waals surface area contributed by atoms with Gasteiger partial charge in [-0.25, -0.2) is 4.42 Å². The highest BCUT2D eigenvalue weighted by Crippen LogP contribution is 2.26. The number of likely N-dealkylation sites (N-methyl/N-ethyl adjacent to an activating group) is 1. The predicted octanol–water partition coefficient (Wildman–Crippen LogP) is 1.74. The van der Waals surface area contributed by atoms with E-state index >= 15 is 0 Å². The van der Waals surface area contributed by atoms with Crippen LogP contribution in [-0.4, -0.2) is 31.7 Å². The lowest BCUT2D eigenvalue weighted by Gasteiger charge is -2.11. The first-order chi connectivity index (χ1) is 7.13. The van der Waals surface area contributed by atoms with Crippen LogP contribution >= 0.6 is 11.8 Å². The molecule has 0 radical (unpaired) electrons. The first kappa shape index (κ1) is 11.9. The van der Waals surface area contributed by atoms with Crippen molar-refractivity contribution < 1.29 is 9.47 Å². The molecule has 0 aliphatic rings. The highest BCUT2D eigenvalue weighted by atomic mass is 35.5. The number of halogens is 1. The lowest BCUT2D eigenvalue weighted by Crippen LogP contribution is -2.14. The number of rotatable bonds is 5. The molecular weight excluding hydrogens is 216 g/mol. The molecule has 1 aromatic carbocycles. The van der Waals surface area contributed by atoms with Crippen LogP contribution in [0.15, 0.2) is 18.2 Å². The third-order valence-corrected chi connectivity index (χ3v) is 2.04. The van der Waals surface area contributed by atoms with E-state index in [4.69, 9.17) is 27.0 Å². The van der Waals surface area contributed by atoms with Crippen LogP contribution in [-0.2, 0) is 0 Å². The van der Waals surface area contributed by atoms with Crippen LogP contribution in [0.3, 0.4) is 0 Å². The number of nitrogens with two attached hydrogens (primary N) is 1. The number of hydrogen-bond donors (Lipinski definition) is 1. The second-order valence-corrected chi connectivity index (χ2v) is 3.66. The first-order valence-corrected chi connectivity index (χ1v) is 4.90. The van der Waals surface area contributed by atoms with E-state index in [1.54, 1.807) is 32.4 Å². The molecule has 1 aromatic rings. The second-order valence-electron chi connectivity index (χ2n) is 3.08. The van der Waals surface area contributed by atoms with Gasteiger partial charge in [-0.1, -0.05) is 0 Å². The van der Waals surface area contributed by atoms with Crippen LogP contribution in [0.25, 0.3) is 0 Å². The number of methoxy groups -OCH3 is 1. The number of benzene rings is 1. The van der Waals surface area contributed by atoms with Gasteiger partial charge in [-0.15, -0.1) is 0 Å². The minimum atomic E-state index is 0.521. The fourth-order valence-electron chi connectivity index (χ4n) is 1.07. The number of anilines is 1. The molecule has 0 amide bonds. The number of nitrogens with zero attached hydrogens (tertiary/aromatic N) is 1. The molecule has 84 valence electrons. The fourth-order valence-corrected chi connectivity index (χ4v) is 1.14. The molecule has 0 unspecified atom stereocenters. The van der Waals surface area contributed by atoms with Crippen molar-refractivity contribution in [3.8, 4) is 11.5 Å². The molecule has 0 saturated heterocycles. The molecule has 4 nitrogen and oxygen atoms in total. The van der Waals surface area contributed by atoms with E-state index in [1.165, 1.54) is 4.42 Å². The second kappa shape index (κ2) is 5.68. The summed E-state index contributed by atoms with van der Waals surface area (Å²) in [6.45, 7) is 1.17. The highest BCUT2D eigenvalue weighted by Gasteiger charge is 2.02.